The van der Waals surface area contributed by atoms with Gasteiger partial charge in [-0.3, -0.25) is 14.6 Å². The molecule has 0 spiro atoms. The number of fused-ring (bicyclic) bond motifs is 1. The minimum absolute atomic E-state index is 0.180. The maximum Gasteiger partial charge on any atom is 0.255 e. The molecule has 0 aliphatic heterocycles. The van der Waals surface area contributed by atoms with Gasteiger partial charge < -0.3 is 9.73 Å². The van der Waals surface area contributed by atoms with E-state index in [0.717, 1.165) is 25.0 Å². The highest BCUT2D eigenvalue weighted by molar-refractivity contribution is 6.32. The van der Waals surface area contributed by atoms with Crippen LogP contribution in [-0.2, 0) is 17.6 Å². The Kier molecular flexibility index (Phi) is 4.12. The van der Waals surface area contributed by atoms with Crippen molar-refractivity contribution in [3.05, 3.63) is 46.1 Å². The average Bonchev–Trinajstić information content (AvgIpc) is 3.34. The Bertz CT molecular complexity index is 1020. The van der Waals surface area contributed by atoms with Gasteiger partial charge in [0.25, 0.3) is 5.56 Å². The number of amides is 1. The lowest BCUT2D eigenvalue weighted by Gasteiger charge is -2.09. The van der Waals surface area contributed by atoms with Crippen LogP contribution in [0.2, 0.25) is 0 Å². The second-order valence-corrected chi connectivity index (χ2v) is 6.73. The molecule has 1 atom stereocenters. The predicted molar refractivity (Wildman–Crippen MR) is 95.7 cm³/mol. The Morgan fingerprint density at radius 3 is 3.04 bits per heavy atom. The lowest BCUT2D eigenvalue weighted by molar-refractivity contribution is -0.115. The minimum Gasteiger partial charge on any atom is -0.463 e. The maximum atomic E-state index is 12.3. The molecule has 0 fully saturated rings. The number of aromatic nitrogens is 4. The van der Waals surface area contributed by atoms with Crippen molar-refractivity contribution >= 4 is 23.3 Å². The molecule has 8 nitrogen and oxygen atoms in total. The van der Waals surface area contributed by atoms with Gasteiger partial charge in [0.2, 0.25) is 11.9 Å². The third-order valence-corrected chi connectivity index (χ3v) is 4.42. The number of H-pyrrole nitrogens is 1. The van der Waals surface area contributed by atoms with Crippen LogP contribution in [0.4, 0.5) is 5.82 Å². The molecule has 3 heterocycles. The zero-order chi connectivity index (χ0) is 18.3. The summed E-state index contributed by atoms with van der Waals surface area (Å²) in [6.45, 7) is 1.57. The summed E-state index contributed by atoms with van der Waals surface area (Å²) < 4.78 is 6.75. The van der Waals surface area contributed by atoms with E-state index in [2.05, 4.69) is 20.4 Å². The Morgan fingerprint density at radius 1 is 1.46 bits per heavy atom. The van der Waals surface area contributed by atoms with Gasteiger partial charge in [-0.15, -0.1) is 11.6 Å². The second kappa shape index (κ2) is 6.45. The monoisotopic (exact) mass is 373 g/mol. The van der Waals surface area contributed by atoms with E-state index in [0.29, 0.717) is 22.8 Å². The van der Waals surface area contributed by atoms with Crippen molar-refractivity contribution in [2.75, 3.05) is 5.32 Å². The molecule has 1 amide bonds. The standard InChI is InChI=1S/C17H16ClN5O3/c1-9(18)15(24)20-14-8-12(13-6-3-7-26-13)22-23(14)17-19-11-5-2-4-10(11)16(25)21-17/h3,6-9H,2,4-5H2,1H3,(H,20,24)(H,19,21,25). The van der Waals surface area contributed by atoms with E-state index in [-0.39, 0.29) is 17.4 Å². The molecule has 134 valence electrons. The van der Waals surface area contributed by atoms with Crippen LogP contribution in [0.25, 0.3) is 17.4 Å². The molecule has 1 unspecified atom stereocenters. The number of alkyl halides is 1. The first-order valence-electron chi connectivity index (χ1n) is 8.24. The number of nitrogens with one attached hydrogen (secondary N) is 2. The summed E-state index contributed by atoms with van der Waals surface area (Å²) in [4.78, 5) is 31.6. The Hall–Kier alpha value is -2.87. The number of aromatic amines is 1. The highest BCUT2D eigenvalue weighted by Crippen LogP contribution is 2.25. The smallest absolute Gasteiger partial charge is 0.255 e. The fourth-order valence-corrected chi connectivity index (χ4v) is 2.99. The van der Waals surface area contributed by atoms with Gasteiger partial charge in [-0.05, 0) is 38.3 Å². The summed E-state index contributed by atoms with van der Waals surface area (Å²) in [5.74, 6) is 0.727. The summed E-state index contributed by atoms with van der Waals surface area (Å²) in [7, 11) is 0. The molecule has 4 rings (SSSR count). The molecular weight excluding hydrogens is 358 g/mol. The van der Waals surface area contributed by atoms with E-state index in [9.17, 15) is 9.59 Å². The molecule has 26 heavy (non-hydrogen) atoms. The molecule has 9 heteroatoms. The molecule has 0 bridgehead atoms. The van der Waals surface area contributed by atoms with E-state index in [1.165, 1.54) is 10.9 Å². The van der Waals surface area contributed by atoms with Crippen molar-refractivity contribution in [3.8, 4) is 17.4 Å². The fraction of sp³-hybridized carbons (Fsp3) is 0.294. The van der Waals surface area contributed by atoms with Crippen LogP contribution < -0.4 is 10.9 Å². The van der Waals surface area contributed by atoms with Crippen molar-refractivity contribution in [2.24, 2.45) is 0 Å². The Morgan fingerprint density at radius 2 is 2.31 bits per heavy atom. The molecule has 1 aliphatic carbocycles. The first-order valence-corrected chi connectivity index (χ1v) is 8.68. The number of carbonyl (C=O) groups is 1. The number of anilines is 1. The Labute approximate surface area is 153 Å². The van der Waals surface area contributed by atoms with Crippen LogP contribution >= 0.6 is 11.6 Å². The van der Waals surface area contributed by atoms with Crippen LogP contribution in [-0.4, -0.2) is 31.0 Å². The van der Waals surface area contributed by atoms with Crippen molar-refractivity contribution in [1.29, 1.82) is 0 Å². The van der Waals surface area contributed by atoms with Gasteiger partial charge in [0.1, 0.15) is 16.9 Å². The zero-order valence-electron chi connectivity index (χ0n) is 14.0. The number of hydrogen-bond donors (Lipinski definition) is 2. The minimum atomic E-state index is -0.725. The van der Waals surface area contributed by atoms with Crippen molar-refractivity contribution in [3.63, 3.8) is 0 Å². The summed E-state index contributed by atoms with van der Waals surface area (Å²) in [5.41, 5.74) is 1.80. The molecule has 1 aliphatic rings. The Balaban J connectivity index is 1.82. The van der Waals surface area contributed by atoms with Crippen molar-refractivity contribution in [2.45, 2.75) is 31.6 Å². The molecule has 2 N–H and O–H groups in total. The molecular formula is C17H16ClN5O3. The van der Waals surface area contributed by atoms with Crippen LogP contribution in [0.5, 0.6) is 0 Å². The van der Waals surface area contributed by atoms with Crippen LogP contribution in [0, 0.1) is 0 Å². The summed E-state index contributed by atoms with van der Waals surface area (Å²) in [5, 5.41) is 6.41. The first kappa shape index (κ1) is 16.6. The topological polar surface area (TPSA) is 106 Å². The van der Waals surface area contributed by atoms with Crippen LogP contribution in [0.1, 0.15) is 24.6 Å². The quantitative estimate of drug-likeness (QED) is 0.682. The highest BCUT2D eigenvalue weighted by atomic mass is 35.5. The van der Waals surface area contributed by atoms with E-state index in [4.69, 9.17) is 16.0 Å². The molecule has 0 saturated carbocycles. The third-order valence-electron chi connectivity index (χ3n) is 4.23. The van der Waals surface area contributed by atoms with Crippen molar-refractivity contribution in [1.82, 2.24) is 19.7 Å². The number of aryl methyl sites for hydroxylation is 1. The van der Waals surface area contributed by atoms with E-state index in [1.54, 1.807) is 25.1 Å². The van der Waals surface area contributed by atoms with E-state index < -0.39 is 5.38 Å². The molecule has 0 radical (unpaired) electrons. The molecule has 0 aromatic carbocycles. The van der Waals surface area contributed by atoms with E-state index >= 15 is 0 Å². The normalized spacial score (nSPS) is 14.2. The lowest BCUT2D eigenvalue weighted by atomic mass is 10.3. The summed E-state index contributed by atoms with van der Waals surface area (Å²) in [6, 6.07) is 5.13. The third kappa shape index (κ3) is 2.92. The van der Waals surface area contributed by atoms with E-state index in [1.807, 2.05) is 0 Å². The van der Waals surface area contributed by atoms with Gasteiger partial charge in [0.05, 0.1) is 12.0 Å². The zero-order valence-corrected chi connectivity index (χ0v) is 14.7. The van der Waals surface area contributed by atoms with Gasteiger partial charge in [0.15, 0.2) is 5.76 Å². The fourth-order valence-electron chi connectivity index (χ4n) is 2.93. The van der Waals surface area contributed by atoms with Gasteiger partial charge in [-0.2, -0.15) is 9.78 Å². The molecule has 3 aromatic heterocycles. The maximum absolute atomic E-state index is 12.3. The average molecular weight is 374 g/mol. The number of rotatable bonds is 4. The number of hydrogen-bond acceptors (Lipinski definition) is 5. The number of carbonyl (C=O) groups excluding carboxylic acids is 1. The predicted octanol–water partition coefficient (Wildman–Crippen LogP) is 2.27. The van der Waals surface area contributed by atoms with Gasteiger partial charge in [-0.25, -0.2) is 4.98 Å². The SMILES string of the molecule is CC(Cl)C(=O)Nc1cc(-c2ccco2)nn1-c1nc2c(c(=O)[nH]1)CCC2. The second-order valence-electron chi connectivity index (χ2n) is 6.08. The summed E-state index contributed by atoms with van der Waals surface area (Å²) >= 11 is 5.85. The number of furan rings is 1. The number of halogens is 1. The first-order chi connectivity index (χ1) is 12.5. The molecule has 0 saturated heterocycles. The van der Waals surface area contributed by atoms with Crippen molar-refractivity contribution < 1.29 is 9.21 Å². The van der Waals surface area contributed by atoms with Gasteiger partial charge in [0, 0.05) is 11.6 Å². The highest BCUT2D eigenvalue weighted by Gasteiger charge is 2.22. The van der Waals surface area contributed by atoms with Crippen LogP contribution in [0.3, 0.4) is 0 Å². The lowest BCUT2D eigenvalue weighted by Crippen LogP contribution is -2.24. The largest absolute Gasteiger partial charge is 0.463 e. The number of nitrogens with zero attached hydrogens (tertiary/aromatic N) is 3. The summed E-state index contributed by atoms with van der Waals surface area (Å²) in [6.07, 6.45) is 3.91. The van der Waals surface area contributed by atoms with Crippen LogP contribution in [0.15, 0.2) is 33.7 Å². The van der Waals surface area contributed by atoms with Gasteiger partial charge >= 0.3 is 0 Å². The molecule has 3 aromatic rings. The van der Waals surface area contributed by atoms with Gasteiger partial charge in [-0.1, -0.05) is 0 Å².